The van der Waals surface area contributed by atoms with Gasteiger partial charge in [-0.25, -0.2) is 4.98 Å². The van der Waals surface area contributed by atoms with Crippen LogP contribution in [0.5, 0.6) is 11.5 Å². The first-order valence-electron chi connectivity index (χ1n) is 15.3. The molecule has 0 N–H and O–H groups in total. The second-order valence-electron chi connectivity index (χ2n) is 11.7. The molecular formula is C41H27N3O. The number of hydrogen-bond donors (Lipinski definition) is 0. The summed E-state index contributed by atoms with van der Waals surface area (Å²) < 4.78 is 8.75. The predicted molar refractivity (Wildman–Crippen MR) is 178 cm³/mol. The van der Waals surface area contributed by atoms with Crippen LogP contribution in [0.15, 0.2) is 133 Å². The van der Waals surface area contributed by atoms with Crippen molar-refractivity contribution in [2.75, 3.05) is 0 Å². The number of nitriles is 1. The predicted octanol–water partition coefficient (Wildman–Crippen LogP) is 9.60. The first-order chi connectivity index (χ1) is 22.2. The maximum Gasteiger partial charge on any atom is 0.132 e. The lowest BCUT2D eigenvalue weighted by Crippen LogP contribution is -2.32. The summed E-state index contributed by atoms with van der Waals surface area (Å²) in [7, 11) is 0. The maximum absolute atomic E-state index is 9.96. The van der Waals surface area contributed by atoms with Crippen LogP contribution in [0.25, 0.3) is 39.0 Å². The zero-order valence-electron chi connectivity index (χ0n) is 24.7. The summed E-state index contributed by atoms with van der Waals surface area (Å²) in [6.45, 7) is 2.15. The van der Waals surface area contributed by atoms with Gasteiger partial charge in [-0.3, -0.25) is 4.57 Å². The fraction of sp³-hybridized carbons (Fsp3) is 0.0732. The van der Waals surface area contributed by atoms with E-state index in [1.807, 2.05) is 36.4 Å². The number of nitrogens with zero attached hydrogens (tertiary/aromatic N) is 3. The average molecular weight is 578 g/mol. The van der Waals surface area contributed by atoms with E-state index in [1.165, 1.54) is 11.1 Å². The Morgan fingerprint density at radius 3 is 2.00 bits per heavy atom. The van der Waals surface area contributed by atoms with Crippen LogP contribution in [-0.2, 0) is 11.8 Å². The van der Waals surface area contributed by atoms with Gasteiger partial charge in [0.1, 0.15) is 17.3 Å². The van der Waals surface area contributed by atoms with Gasteiger partial charge in [0, 0.05) is 23.2 Å². The van der Waals surface area contributed by atoms with Gasteiger partial charge in [0.15, 0.2) is 0 Å². The molecule has 4 nitrogen and oxygen atoms in total. The summed E-state index contributed by atoms with van der Waals surface area (Å²) in [5, 5.41) is 9.96. The zero-order valence-corrected chi connectivity index (χ0v) is 24.7. The zero-order chi connectivity index (χ0) is 30.1. The SMILES string of the molecule is CCc1nc2ccccc2n1-c1ccc(-c2ccc3c(c2)C2(c4ccccc4Oc4ccccc42)c2cc(C#N)ccc2-3)cc1. The number of aryl methyl sites for hydroxylation is 1. The molecule has 1 aromatic heterocycles. The first kappa shape index (κ1) is 25.6. The summed E-state index contributed by atoms with van der Waals surface area (Å²) in [5.41, 5.74) is 12.4. The molecule has 0 saturated heterocycles. The van der Waals surface area contributed by atoms with Gasteiger partial charge in [0.25, 0.3) is 0 Å². The van der Waals surface area contributed by atoms with Gasteiger partial charge in [0.2, 0.25) is 0 Å². The third kappa shape index (κ3) is 3.50. The van der Waals surface area contributed by atoms with E-state index in [9.17, 15) is 5.26 Å². The molecule has 2 aliphatic rings. The fourth-order valence-corrected chi connectivity index (χ4v) is 7.55. The van der Waals surface area contributed by atoms with Crippen LogP contribution in [0.2, 0.25) is 0 Å². The van der Waals surface area contributed by atoms with Gasteiger partial charge < -0.3 is 4.74 Å². The van der Waals surface area contributed by atoms with E-state index in [4.69, 9.17) is 9.72 Å². The highest BCUT2D eigenvalue weighted by Crippen LogP contribution is 2.62. The van der Waals surface area contributed by atoms with Crippen LogP contribution >= 0.6 is 0 Å². The summed E-state index contributed by atoms with van der Waals surface area (Å²) >= 11 is 0. The molecule has 2 heterocycles. The van der Waals surface area contributed by atoms with E-state index in [2.05, 4.69) is 115 Å². The minimum absolute atomic E-state index is 0.620. The normalized spacial score (nSPS) is 13.4. The summed E-state index contributed by atoms with van der Waals surface area (Å²) in [6.07, 6.45) is 0.851. The first-order valence-corrected chi connectivity index (χ1v) is 15.3. The molecule has 7 aromatic rings. The molecule has 0 atom stereocenters. The molecule has 212 valence electrons. The second kappa shape index (κ2) is 9.54. The lowest BCUT2D eigenvalue weighted by Gasteiger charge is -2.39. The van der Waals surface area contributed by atoms with Crippen molar-refractivity contribution in [1.29, 1.82) is 5.26 Å². The van der Waals surface area contributed by atoms with Gasteiger partial charge in [-0.2, -0.15) is 5.26 Å². The lowest BCUT2D eigenvalue weighted by molar-refractivity contribution is 0.436. The molecule has 1 aliphatic carbocycles. The Morgan fingerprint density at radius 2 is 1.29 bits per heavy atom. The molecule has 45 heavy (non-hydrogen) atoms. The van der Waals surface area contributed by atoms with Gasteiger partial charge in [-0.1, -0.05) is 85.8 Å². The number of aromatic nitrogens is 2. The third-order valence-corrected chi connectivity index (χ3v) is 9.47. The third-order valence-electron chi connectivity index (χ3n) is 9.47. The van der Waals surface area contributed by atoms with E-state index in [0.29, 0.717) is 5.56 Å². The van der Waals surface area contributed by atoms with Crippen molar-refractivity contribution < 1.29 is 4.74 Å². The quantitative estimate of drug-likeness (QED) is 0.210. The lowest BCUT2D eigenvalue weighted by atomic mass is 9.65. The number of benzene rings is 6. The van der Waals surface area contributed by atoms with Crippen LogP contribution in [0.3, 0.4) is 0 Å². The van der Waals surface area contributed by atoms with E-state index >= 15 is 0 Å². The van der Waals surface area contributed by atoms with E-state index in [-0.39, 0.29) is 0 Å². The minimum Gasteiger partial charge on any atom is -0.457 e. The molecule has 4 heteroatoms. The fourth-order valence-electron chi connectivity index (χ4n) is 7.55. The molecule has 0 amide bonds. The van der Waals surface area contributed by atoms with Crippen LogP contribution in [-0.4, -0.2) is 9.55 Å². The molecule has 0 fully saturated rings. The standard InChI is InChI=1S/C41H27N3O/c1-2-40-43-36-11-5-6-12-37(36)44(40)29-19-16-27(17-20-29)28-18-22-31-30-21-15-26(25-42)23-34(30)41(35(31)24-28)32-9-3-7-13-38(32)45-39-14-8-4-10-33(39)41/h3-24H,2H2,1H3. The Labute approximate surface area is 261 Å². The maximum atomic E-state index is 9.96. The van der Waals surface area contributed by atoms with Gasteiger partial charge in [0.05, 0.1) is 28.1 Å². The number of rotatable bonds is 3. The van der Waals surface area contributed by atoms with Crippen molar-refractivity contribution >= 4 is 11.0 Å². The largest absolute Gasteiger partial charge is 0.457 e. The minimum atomic E-state index is -0.620. The number of ether oxygens (including phenoxy) is 1. The molecular weight excluding hydrogens is 550 g/mol. The molecule has 0 bridgehead atoms. The van der Waals surface area contributed by atoms with Gasteiger partial charge >= 0.3 is 0 Å². The molecule has 0 saturated carbocycles. The second-order valence-corrected chi connectivity index (χ2v) is 11.7. The van der Waals surface area contributed by atoms with Crippen molar-refractivity contribution in [3.8, 4) is 45.5 Å². The topological polar surface area (TPSA) is 50.8 Å². The summed E-state index contributed by atoms with van der Waals surface area (Å²) in [5.74, 6) is 2.73. The summed E-state index contributed by atoms with van der Waals surface area (Å²) in [6, 6.07) is 49.1. The Bertz CT molecular complexity index is 2310. The Kier molecular flexibility index (Phi) is 5.42. The van der Waals surface area contributed by atoms with Crippen LogP contribution in [0.4, 0.5) is 0 Å². The van der Waals surface area contributed by atoms with Gasteiger partial charge in [-0.15, -0.1) is 0 Å². The van der Waals surface area contributed by atoms with Crippen molar-refractivity contribution in [3.05, 3.63) is 167 Å². The van der Waals surface area contributed by atoms with Crippen molar-refractivity contribution in [2.24, 2.45) is 0 Å². The van der Waals surface area contributed by atoms with Crippen LogP contribution < -0.4 is 4.74 Å². The van der Waals surface area contributed by atoms with Crippen molar-refractivity contribution in [2.45, 2.75) is 18.8 Å². The van der Waals surface area contributed by atoms with Crippen LogP contribution in [0, 0.1) is 11.3 Å². The Morgan fingerprint density at radius 1 is 0.667 bits per heavy atom. The molecule has 1 spiro atoms. The summed E-state index contributed by atoms with van der Waals surface area (Å²) in [4.78, 5) is 4.88. The van der Waals surface area contributed by atoms with Crippen LogP contribution in [0.1, 0.15) is 40.6 Å². The number of para-hydroxylation sites is 4. The molecule has 0 unspecified atom stereocenters. The highest BCUT2D eigenvalue weighted by atomic mass is 16.5. The highest BCUT2D eigenvalue weighted by Gasteiger charge is 2.51. The van der Waals surface area contributed by atoms with E-state index < -0.39 is 5.41 Å². The molecule has 6 aromatic carbocycles. The smallest absolute Gasteiger partial charge is 0.132 e. The average Bonchev–Trinajstić information content (AvgIpc) is 3.62. The molecule has 1 aliphatic heterocycles. The van der Waals surface area contributed by atoms with Crippen molar-refractivity contribution in [1.82, 2.24) is 9.55 Å². The number of hydrogen-bond acceptors (Lipinski definition) is 3. The van der Waals surface area contributed by atoms with Gasteiger partial charge in [-0.05, 0) is 88.0 Å². The Balaban J connectivity index is 1.26. The van der Waals surface area contributed by atoms with E-state index in [0.717, 1.165) is 73.8 Å². The molecule has 0 radical (unpaired) electrons. The Hall–Kier alpha value is -5.92. The number of fused-ring (bicyclic) bond motifs is 10. The van der Waals surface area contributed by atoms with Crippen molar-refractivity contribution in [3.63, 3.8) is 0 Å². The molecule has 9 rings (SSSR count). The van der Waals surface area contributed by atoms with E-state index in [1.54, 1.807) is 0 Å². The highest BCUT2D eigenvalue weighted by molar-refractivity contribution is 5.90. The monoisotopic (exact) mass is 577 g/mol. The number of imidazole rings is 1.